The third kappa shape index (κ3) is 5.96. The lowest BCUT2D eigenvalue weighted by molar-refractivity contribution is -0.384. The molecule has 0 aliphatic carbocycles. The Balaban J connectivity index is 1.38. The van der Waals surface area contributed by atoms with Gasteiger partial charge < -0.3 is 0 Å². The first kappa shape index (κ1) is 29.5. The number of nitrogens with zero attached hydrogens (tertiary/aromatic N) is 8. The molecule has 5 aromatic rings. The molecule has 0 N–H and O–H groups in total. The van der Waals surface area contributed by atoms with Gasteiger partial charge in [0.25, 0.3) is 5.69 Å². The van der Waals surface area contributed by atoms with Gasteiger partial charge in [0.2, 0.25) is 10.0 Å². The molecule has 1 aliphatic rings. The maximum absolute atomic E-state index is 13.8. The summed E-state index contributed by atoms with van der Waals surface area (Å²) in [6.07, 6.45) is 6.34. The Kier molecular flexibility index (Phi) is 7.74. The van der Waals surface area contributed by atoms with Crippen LogP contribution in [0.2, 0.25) is 0 Å². The molecule has 14 heteroatoms. The summed E-state index contributed by atoms with van der Waals surface area (Å²) < 4.78 is 31.8. The lowest BCUT2D eigenvalue weighted by Gasteiger charge is -2.28. The summed E-state index contributed by atoms with van der Waals surface area (Å²) in [5.74, 6) is -0.374. The second-order valence-electron chi connectivity index (χ2n) is 10.4. The lowest BCUT2D eigenvalue weighted by atomic mass is 9.97. The molecule has 226 valence electrons. The predicted octanol–water partition coefficient (Wildman–Crippen LogP) is 4.11. The molecule has 13 nitrogen and oxygen atoms in total. The van der Waals surface area contributed by atoms with Crippen molar-refractivity contribution in [2.45, 2.75) is 18.7 Å². The average molecular weight is 623 g/mol. The van der Waals surface area contributed by atoms with Gasteiger partial charge >= 0.3 is 0 Å². The summed E-state index contributed by atoms with van der Waals surface area (Å²) in [4.78, 5) is 24.2. The number of aromatic nitrogens is 6. The van der Waals surface area contributed by atoms with Crippen molar-refractivity contribution >= 4 is 33.6 Å². The van der Waals surface area contributed by atoms with Gasteiger partial charge in [-0.3, -0.25) is 14.9 Å². The molecule has 0 saturated carbocycles. The van der Waals surface area contributed by atoms with Crippen molar-refractivity contribution < 1.29 is 18.1 Å². The Labute approximate surface area is 257 Å². The molecule has 1 saturated heterocycles. The van der Waals surface area contributed by atoms with Gasteiger partial charge in [-0.2, -0.15) is 4.31 Å². The highest BCUT2D eigenvalue weighted by Gasteiger charge is 2.35. The Morgan fingerprint density at radius 2 is 1.22 bits per heavy atom. The van der Waals surface area contributed by atoms with Gasteiger partial charge in [-0.25, -0.2) is 17.8 Å². The average Bonchev–Trinajstić information content (AvgIpc) is 3.69. The highest BCUT2D eigenvalue weighted by atomic mass is 32.2. The third-order valence-electron chi connectivity index (χ3n) is 7.35. The molecule has 45 heavy (non-hydrogen) atoms. The standard InChI is InChI=1S/C31H26N8O5S/c1-21-7-3-5-9-29(21)37-19-25(32-34-37)15-23-17-36(45(43,44)28-13-11-27(12-14-28)39(41)42)18-24(31(23)40)16-26-20-38(35-33-26)30-10-6-4-8-22(30)2/h3-16,19-20H,17-18H2,1-2H3. The number of para-hydroxylation sites is 2. The number of carbonyl (C=O) groups is 1. The van der Waals surface area contributed by atoms with Crippen molar-refractivity contribution in [2.24, 2.45) is 0 Å². The predicted molar refractivity (Wildman–Crippen MR) is 165 cm³/mol. The minimum absolute atomic E-state index is 0.142. The van der Waals surface area contributed by atoms with Crippen molar-refractivity contribution in [3.63, 3.8) is 0 Å². The van der Waals surface area contributed by atoms with Gasteiger partial charge in [-0.05, 0) is 61.4 Å². The Morgan fingerprint density at radius 1 is 0.756 bits per heavy atom. The number of non-ortho nitro benzene ring substituents is 1. The first-order valence-corrected chi connectivity index (χ1v) is 15.2. The van der Waals surface area contributed by atoms with Crippen LogP contribution in [0.4, 0.5) is 5.69 Å². The topological polar surface area (TPSA) is 159 Å². The summed E-state index contributed by atoms with van der Waals surface area (Å²) in [5.41, 5.74) is 4.38. The Morgan fingerprint density at radius 3 is 1.67 bits per heavy atom. The van der Waals surface area contributed by atoms with Crippen molar-refractivity contribution in [1.82, 2.24) is 34.3 Å². The molecule has 0 bridgehead atoms. The lowest BCUT2D eigenvalue weighted by Crippen LogP contribution is -2.41. The fraction of sp³-hybridized carbons (Fsp3) is 0.129. The van der Waals surface area contributed by atoms with Crippen molar-refractivity contribution in [2.75, 3.05) is 13.1 Å². The van der Waals surface area contributed by atoms with Crippen molar-refractivity contribution in [3.8, 4) is 11.4 Å². The molecule has 0 radical (unpaired) electrons. The van der Waals surface area contributed by atoms with Gasteiger partial charge in [0, 0.05) is 36.4 Å². The van der Waals surface area contributed by atoms with E-state index in [4.69, 9.17) is 0 Å². The van der Waals surface area contributed by atoms with E-state index in [1.54, 1.807) is 21.8 Å². The maximum Gasteiger partial charge on any atom is 0.269 e. The van der Waals surface area contributed by atoms with Crippen molar-refractivity contribution in [3.05, 3.63) is 129 Å². The zero-order valence-electron chi connectivity index (χ0n) is 24.2. The molecule has 1 fully saturated rings. The van der Waals surface area contributed by atoms with E-state index >= 15 is 0 Å². The number of sulfonamides is 1. The highest BCUT2D eigenvalue weighted by Crippen LogP contribution is 2.28. The van der Waals surface area contributed by atoms with Gasteiger partial charge in [0.1, 0.15) is 11.4 Å². The number of benzene rings is 3. The smallest absolute Gasteiger partial charge is 0.269 e. The minimum atomic E-state index is -4.17. The largest absolute Gasteiger partial charge is 0.289 e. The molecule has 0 amide bonds. The summed E-state index contributed by atoms with van der Waals surface area (Å²) in [5, 5.41) is 27.9. The fourth-order valence-corrected chi connectivity index (χ4v) is 6.38. The van der Waals surface area contributed by atoms with Crippen molar-refractivity contribution in [1.29, 1.82) is 0 Å². The SMILES string of the molecule is Cc1ccccc1-n1cc(C=C2CN(S(=O)(=O)c3ccc([N+](=O)[O-])cc3)CC(=Cc3cn(-c4ccccc4C)nn3)C2=O)nn1. The quantitative estimate of drug-likeness (QED) is 0.148. The molecule has 0 atom stereocenters. The van der Waals surface area contributed by atoms with E-state index in [1.165, 1.54) is 24.3 Å². The van der Waals surface area contributed by atoms with Crippen LogP contribution in [-0.2, 0) is 14.8 Å². The fourth-order valence-electron chi connectivity index (χ4n) is 4.99. The Hall–Kier alpha value is -5.60. The number of nitro benzene ring substituents is 1. The molecule has 6 rings (SSSR count). The second kappa shape index (κ2) is 11.8. The number of piperidine rings is 1. The van der Waals surface area contributed by atoms with Crippen LogP contribution in [0.1, 0.15) is 22.5 Å². The first-order chi connectivity index (χ1) is 21.6. The number of carbonyl (C=O) groups excluding carboxylic acids is 1. The third-order valence-corrected chi connectivity index (χ3v) is 9.16. The van der Waals surface area contributed by atoms with E-state index in [0.29, 0.717) is 11.4 Å². The van der Waals surface area contributed by atoms with Crippen LogP contribution in [0.25, 0.3) is 23.5 Å². The summed E-state index contributed by atoms with van der Waals surface area (Å²) in [6, 6.07) is 19.8. The molecular formula is C31H26N8O5S. The highest BCUT2D eigenvalue weighted by molar-refractivity contribution is 7.89. The summed E-state index contributed by atoms with van der Waals surface area (Å²) in [7, 11) is -4.17. The monoisotopic (exact) mass is 622 g/mol. The number of ketones is 1. The van der Waals surface area contributed by atoms with E-state index < -0.39 is 14.9 Å². The molecule has 0 spiro atoms. The molecule has 1 aliphatic heterocycles. The summed E-state index contributed by atoms with van der Waals surface area (Å²) >= 11 is 0. The van der Waals surface area contributed by atoms with E-state index in [9.17, 15) is 23.3 Å². The molecule has 0 unspecified atom stereocenters. The minimum Gasteiger partial charge on any atom is -0.289 e. The molecular weight excluding hydrogens is 596 g/mol. The molecule has 2 aromatic heterocycles. The van der Waals surface area contributed by atoms with Crippen LogP contribution in [-0.4, -0.2) is 66.5 Å². The van der Waals surface area contributed by atoms with Crippen LogP contribution >= 0.6 is 0 Å². The van der Waals surface area contributed by atoms with Gasteiger partial charge in [-0.15, -0.1) is 10.2 Å². The van der Waals surface area contributed by atoms with Gasteiger partial charge in [0.15, 0.2) is 5.78 Å². The van der Waals surface area contributed by atoms with Crippen LogP contribution < -0.4 is 0 Å². The van der Waals surface area contributed by atoms with E-state index in [0.717, 1.165) is 38.9 Å². The number of rotatable bonds is 7. The van der Waals surface area contributed by atoms with Gasteiger partial charge in [-0.1, -0.05) is 46.8 Å². The van der Waals surface area contributed by atoms with E-state index in [2.05, 4.69) is 20.6 Å². The first-order valence-electron chi connectivity index (χ1n) is 13.8. The van der Waals surface area contributed by atoms with E-state index in [1.807, 2.05) is 62.4 Å². The number of hydrogen-bond donors (Lipinski definition) is 0. The summed E-state index contributed by atoms with van der Waals surface area (Å²) in [6.45, 7) is 3.38. The van der Waals surface area contributed by atoms with Gasteiger partial charge in [0.05, 0.1) is 33.6 Å². The zero-order valence-corrected chi connectivity index (χ0v) is 25.0. The Bertz CT molecular complexity index is 2010. The maximum atomic E-state index is 13.8. The zero-order chi connectivity index (χ0) is 31.7. The number of aryl methyl sites for hydroxylation is 2. The molecule has 3 aromatic carbocycles. The van der Waals surface area contributed by atoms with Crippen LogP contribution in [0.5, 0.6) is 0 Å². The van der Waals surface area contributed by atoms with Crippen LogP contribution in [0.15, 0.2) is 101 Å². The molecule has 3 heterocycles. The van der Waals surface area contributed by atoms with Crippen LogP contribution in [0.3, 0.4) is 0 Å². The number of nitro groups is 1. The van der Waals surface area contributed by atoms with Crippen LogP contribution in [0, 0.1) is 24.0 Å². The second-order valence-corrected chi connectivity index (χ2v) is 12.4. The van der Waals surface area contributed by atoms with E-state index in [-0.39, 0.29) is 40.6 Å². The normalized spacial score (nSPS) is 16.0. The number of Topliss-reactive ketones (excluding diaryl/α,β-unsaturated/α-hetero) is 1. The number of hydrogen-bond acceptors (Lipinski definition) is 9.